The van der Waals surface area contributed by atoms with Gasteiger partial charge in [0.15, 0.2) is 0 Å². The van der Waals surface area contributed by atoms with Crippen LogP contribution in [0.25, 0.3) is 6.08 Å². The van der Waals surface area contributed by atoms with Gasteiger partial charge in [-0.2, -0.15) is 0 Å². The number of imide groups is 1. The van der Waals surface area contributed by atoms with Crippen LogP contribution >= 0.6 is 27.7 Å². The van der Waals surface area contributed by atoms with Crippen molar-refractivity contribution in [2.24, 2.45) is 0 Å². The van der Waals surface area contributed by atoms with Crippen molar-refractivity contribution >= 4 is 50.9 Å². The van der Waals surface area contributed by atoms with E-state index in [-0.39, 0.29) is 11.5 Å². The number of carbonyl (C=O) groups is 3. The highest BCUT2D eigenvalue weighted by Crippen LogP contribution is 2.36. The minimum absolute atomic E-state index is 0.176. The number of carbonyl (C=O) groups excluding carboxylic acids is 3. The average Bonchev–Trinajstić information content (AvgIpc) is 3.00. The molecule has 2 amide bonds. The van der Waals surface area contributed by atoms with Crippen molar-refractivity contribution in [1.82, 2.24) is 4.90 Å². The van der Waals surface area contributed by atoms with Crippen LogP contribution in [0.5, 0.6) is 5.75 Å². The lowest BCUT2D eigenvalue weighted by molar-refractivity contribution is -0.150. The summed E-state index contributed by atoms with van der Waals surface area (Å²) in [6.07, 6.45) is 1.61. The predicted octanol–water partition coefficient (Wildman–Crippen LogP) is 5.32. The molecule has 6 nitrogen and oxygen atoms in total. The van der Waals surface area contributed by atoms with Crippen LogP contribution in [0.1, 0.15) is 30.5 Å². The highest BCUT2D eigenvalue weighted by atomic mass is 79.9. The zero-order chi connectivity index (χ0) is 22.5. The summed E-state index contributed by atoms with van der Waals surface area (Å²) in [6.45, 7) is 5.71. The molecule has 1 fully saturated rings. The monoisotopic (exact) mass is 503 g/mol. The van der Waals surface area contributed by atoms with E-state index >= 15 is 0 Å². The zero-order valence-electron chi connectivity index (χ0n) is 17.4. The van der Waals surface area contributed by atoms with Crippen molar-refractivity contribution in [3.63, 3.8) is 0 Å². The van der Waals surface area contributed by atoms with E-state index in [1.807, 2.05) is 43.3 Å². The zero-order valence-corrected chi connectivity index (χ0v) is 19.8. The van der Waals surface area contributed by atoms with Crippen molar-refractivity contribution in [3.05, 3.63) is 68.5 Å². The van der Waals surface area contributed by atoms with Crippen molar-refractivity contribution in [3.8, 4) is 5.75 Å². The molecule has 162 valence electrons. The maximum Gasteiger partial charge on any atom is 0.329 e. The summed E-state index contributed by atoms with van der Waals surface area (Å²) >= 11 is 4.23. The van der Waals surface area contributed by atoms with E-state index < -0.39 is 23.2 Å². The standard InChI is InChI=1S/C23H22BrNO5S/c1-4-29-22(27)15(3)25-21(26)20(31-23(25)28)12-17-11-18(24)8-9-19(17)30-13-16-7-5-6-14(2)10-16/h5-12,15H,4,13H2,1-3H3/b20-12+/t15-/m0/s1. The van der Waals surface area contributed by atoms with E-state index in [2.05, 4.69) is 15.9 Å². The smallest absolute Gasteiger partial charge is 0.329 e. The number of hydrogen-bond donors (Lipinski definition) is 0. The lowest BCUT2D eigenvalue weighted by atomic mass is 10.1. The Kier molecular flexibility index (Phi) is 7.56. The van der Waals surface area contributed by atoms with Crippen LogP contribution in [0, 0.1) is 6.92 Å². The quantitative estimate of drug-likeness (QED) is 0.375. The molecule has 0 spiro atoms. The largest absolute Gasteiger partial charge is 0.488 e. The molecular formula is C23H22BrNO5S. The van der Waals surface area contributed by atoms with E-state index in [9.17, 15) is 14.4 Å². The SMILES string of the molecule is CCOC(=O)[C@H](C)N1C(=O)S/C(=C/c2cc(Br)ccc2OCc2cccc(C)c2)C1=O. The summed E-state index contributed by atoms with van der Waals surface area (Å²) < 4.78 is 11.7. The summed E-state index contributed by atoms with van der Waals surface area (Å²) in [6, 6.07) is 12.5. The van der Waals surface area contributed by atoms with Gasteiger partial charge in [-0.05, 0) is 62.4 Å². The number of esters is 1. The lowest BCUT2D eigenvalue weighted by Gasteiger charge is -2.19. The Bertz CT molecular complexity index is 1050. The van der Waals surface area contributed by atoms with Gasteiger partial charge in [0.1, 0.15) is 18.4 Å². The van der Waals surface area contributed by atoms with Crippen molar-refractivity contribution in [2.45, 2.75) is 33.4 Å². The number of hydrogen-bond acceptors (Lipinski definition) is 6. The van der Waals surface area contributed by atoms with E-state index in [1.54, 1.807) is 19.1 Å². The molecule has 0 saturated carbocycles. The Morgan fingerprint density at radius 1 is 1.23 bits per heavy atom. The maximum atomic E-state index is 12.8. The molecule has 0 aliphatic carbocycles. The lowest BCUT2D eigenvalue weighted by Crippen LogP contribution is -2.42. The summed E-state index contributed by atoms with van der Waals surface area (Å²) in [4.78, 5) is 38.4. The molecule has 3 rings (SSSR count). The minimum Gasteiger partial charge on any atom is -0.488 e. The Morgan fingerprint density at radius 3 is 2.71 bits per heavy atom. The molecule has 0 aromatic heterocycles. The van der Waals surface area contributed by atoms with Crippen LogP contribution in [0.2, 0.25) is 0 Å². The van der Waals surface area contributed by atoms with E-state index in [4.69, 9.17) is 9.47 Å². The third-order valence-corrected chi connectivity index (χ3v) is 5.95. The number of rotatable bonds is 7. The van der Waals surface area contributed by atoms with Crippen molar-refractivity contribution < 1.29 is 23.9 Å². The Morgan fingerprint density at radius 2 is 2.00 bits per heavy atom. The first-order chi connectivity index (χ1) is 14.8. The van der Waals surface area contributed by atoms with E-state index in [0.717, 1.165) is 32.3 Å². The number of thioether (sulfide) groups is 1. The summed E-state index contributed by atoms with van der Waals surface area (Å²) in [5.41, 5.74) is 2.82. The van der Waals surface area contributed by atoms with Crippen LogP contribution in [0.4, 0.5) is 4.79 Å². The summed E-state index contributed by atoms with van der Waals surface area (Å²) in [5.74, 6) is -0.564. The number of aryl methyl sites for hydroxylation is 1. The first-order valence-corrected chi connectivity index (χ1v) is 11.3. The van der Waals surface area contributed by atoms with Crippen LogP contribution in [-0.4, -0.2) is 34.7 Å². The van der Waals surface area contributed by atoms with Gasteiger partial charge in [0, 0.05) is 10.0 Å². The molecule has 1 aliphatic rings. The first kappa shape index (κ1) is 23.1. The number of benzene rings is 2. The van der Waals surface area contributed by atoms with Gasteiger partial charge in [-0.15, -0.1) is 0 Å². The molecule has 2 aromatic carbocycles. The molecule has 1 atom stereocenters. The van der Waals surface area contributed by atoms with Gasteiger partial charge in [0.2, 0.25) is 0 Å². The van der Waals surface area contributed by atoms with Crippen LogP contribution in [-0.2, 0) is 20.9 Å². The Hall–Kier alpha value is -2.58. The highest BCUT2D eigenvalue weighted by Gasteiger charge is 2.41. The van der Waals surface area contributed by atoms with E-state index in [0.29, 0.717) is 17.9 Å². The second-order valence-corrected chi connectivity index (χ2v) is 8.85. The summed E-state index contributed by atoms with van der Waals surface area (Å²) in [7, 11) is 0. The highest BCUT2D eigenvalue weighted by molar-refractivity contribution is 9.10. The Balaban J connectivity index is 1.84. The molecule has 0 bridgehead atoms. The fourth-order valence-corrected chi connectivity index (χ4v) is 4.33. The second kappa shape index (κ2) is 10.2. The molecule has 0 N–H and O–H groups in total. The molecule has 31 heavy (non-hydrogen) atoms. The average molecular weight is 504 g/mol. The van der Waals surface area contributed by atoms with Gasteiger partial charge < -0.3 is 9.47 Å². The molecule has 0 unspecified atom stereocenters. The molecule has 0 radical (unpaired) electrons. The molecule has 1 saturated heterocycles. The van der Waals surface area contributed by atoms with Gasteiger partial charge in [0.25, 0.3) is 11.1 Å². The van der Waals surface area contributed by atoms with Gasteiger partial charge in [-0.25, -0.2) is 4.79 Å². The minimum atomic E-state index is -0.988. The van der Waals surface area contributed by atoms with Crippen LogP contribution in [0.3, 0.4) is 0 Å². The fourth-order valence-electron chi connectivity index (χ4n) is 3.05. The third-order valence-electron chi connectivity index (χ3n) is 4.57. The first-order valence-electron chi connectivity index (χ1n) is 9.71. The number of nitrogens with zero attached hydrogens (tertiary/aromatic N) is 1. The molecule has 8 heteroatoms. The van der Waals surface area contributed by atoms with Gasteiger partial charge in [-0.3, -0.25) is 14.5 Å². The van der Waals surface area contributed by atoms with Crippen molar-refractivity contribution in [2.75, 3.05) is 6.61 Å². The van der Waals surface area contributed by atoms with Gasteiger partial charge >= 0.3 is 5.97 Å². The molecule has 1 aliphatic heterocycles. The molecule has 1 heterocycles. The topological polar surface area (TPSA) is 72.9 Å². The maximum absolute atomic E-state index is 12.8. The predicted molar refractivity (Wildman–Crippen MR) is 124 cm³/mol. The molecule has 2 aromatic rings. The van der Waals surface area contributed by atoms with Gasteiger partial charge in [-0.1, -0.05) is 45.8 Å². The molecular weight excluding hydrogens is 482 g/mol. The third kappa shape index (κ3) is 5.57. The van der Waals surface area contributed by atoms with E-state index in [1.165, 1.54) is 6.92 Å². The van der Waals surface area contributed by atoms with Crippen LogP contribution < -0.4 is 4.74 Å². The number of halogens is 1. The summed E-state index contributed by atoms with van der Waals surface area (Å²) in [5, 5.41) is -0.506. The van der Waals surface area contributed by atoms with Crippen LogP contribution in [0.15, 0.2) is 51.8 Å². The van der Waals surface area contributed by atoms with Gasteiger partial charge in [0.05, 0.1) is 11.5 Å². The fraction of sp³-hybridized carbons (Fsp3) is 0.261. The second-order valence-electron chi connectivity index (χ2n) is 6.94. The normalized spacial score (nSPS) is 16.0. The Labute approximate surface area is 193 Å². The number of ether oxygens (including phenoxy) is 2. The van der Waals surface area contributed by atoms with Crippen molar-refractivity contribution in [1.29, 1.82) is 0 Å². The number of amides is 2.